The molecule has 1 aliphatic rings. The Hall–Kier alpha value is -1.80. The van der Waals surface area contributed by atoms with E-state index in [9.17, 15) is 0 Å². The van der Waals surface area contributed by atoms with Crippen LogP contribution in [0.4, 0.5) is 5.69 Å². The highest BCUT2D eigenvalue weighted by Gasteiger charge is 2.29. The number of nitrogens with zero attached hydrogens (tertiary/aromatic N) is 1. The van der Waals surface area contributed by atoms with E-state index in [1.54, 1.807) is 0 Å². The summed E-state index contributed by atoms with van der Waals surface area (Å²) in [7, 11) is 0. The van der Waals surface area contributed by atoms with Gasteiger partial charge in [-0.05, 0) is 29.7 Å². The van der Waals surface area contributed by atoms with Crippen LogP contribution in [0, 0.1) is 6.92 Å². The SMILES string of the molecule is Cc1cccc(N2CC(c3ccccc3)C2)c1CN. The number of anilines is 1. The molecule has 0 aliphatic carbocycles. The minimum atomic E-state index is 0.620. The fourth-order valence-corrected chi connectivity index (χ4v) is 2.86. The van der Waals surface area contributed by atoms with Crippen molar-refractivity contribution in [3.8, 4) is 0 Å². The molecule has 0 amide bonds. The smallest absolute Gasteiger partial charge is 0.0414 e. The van der Waals surface area contributed by atoms with Crippen LogP contribution < -0.4 is 10.6 Å². The highest BCUT2D eigenvalue weighted by Crippen LogP contribution is 2.34. The van der Waals surface area contributed by atoms with Crippen molar-refractivity contribution in [2.75, 3.05) is 18.0 Å². The van der Waals surface area contributed by atoms with E-state index in [4.69, 9.17) is 5.73 Å². The van der Waals surface area contributed by atoms with Gasteiger partial charge < -0.3 is 10.6 Å². The maximum Gasteiger partial charge on any atom is 0.0414 e. The van der Waals surface area contributed by atoms with Gasteiger partial charge in [-0.3, -0.25) is 0 Å². The summed E-state index contributed by atoms with van der Waals surface area (Å²) in [5, 5.41) is 0. The molecule has 2 N–H and O–H groups in total. The molecule has 19 heavy (non-hydrogen) atoms. The first-order chi connectivity index (χ1) is 9.29. The molecule has 1 aliphatic heterocycles. The van der Waals surface area contributed by atoms with Crippen molar-refractivity contribution in [1.82, 2.24) is 0 Å². The summed E-state index contributed by atoms with van der Waals surface area (Å²) < 4.78 is 0. The number of rotatable bonds is 3. The molecule has 1 saturated heterocycles. The molecule has 0 radical (unpaired) electrons. The molecule has 1 fully saturated rings. The molecule has 98 valence electrons. The molecule has 0 atom stereocenters. The lowest BCUT2D eigenvalue weighted by atomic mass is 9.90. The lowest BCUT2D eigenvalue weighted by molar-refractivity contribution is 0.523. The summed E-state index contributed by atoms with van der Waals surface area (Å²) in [5.74, 6) is 0.660. The van der Waals surface area contributed by atoms with Crippen molar-refractivity contribution >= 4 is 5.69 Å². The third-order valence-corrected chi connectivity index (χ3v) is 4.08. The fourth-order valence-electron chi connectivity index (χ4n) is 2.86. The van der Waals surface area contributed by atoms with Gasteiger partial charge in [0, 0.05) is 31.2 Å². The summed E-state index contributed by atoms with van der Waals surface area (Å²) in [6, 6.07) is 17.2. The molecule has 1 heterocycles. The van der Waals surface area contributed by atoms with Crippen LogP contribution in [0.25, 0.3) is 0 Å². The topological polar surface area (TPSA) is 29.3 Å². The molecular formula is C17H20N2. The molecule has 0 unspecified atom stereocenters. The molecule has 2 aromatic rings. The van der Waals surface area contributed by atoms with E-state index in [1.807, 2.05) is 0 Å². The molecule has 2 heteroatoms. The van der Waals surface area contributed by atoms with Crippen LogP contribution in [-0.4, -0.2) is 13.1 Å². The quantitative estimate of drug-likeness (QED) is 0.909. The minimum absolute atomic E-state index is 0.620. The molecule has 0 spiro atoms. The first-order valence-corrected chi connectivity index (χ1v) is 6.88. The van der Waals surface area contributed by atoms with Gasteiger partial charge in [0.15, 0.2) is 0 Å². The second-order valence-electron chi connectivity index (χ2n) is 5.29. The monoisotopic (exact) mass is 252 g/mol. The van der Waals surface area contributed by atoms with Crippen LogP contribution in [0.1, 0.15) is 22.6 Å². The van der Waals surface area contributed by atoms with Crippen molar-refractivity contribution < 1.29 is 0 Å². The van der Waals surface area contributed by atoms with Crippen molar-refractivity contribution in [3.63, 3.8) is 0 Å². The van der Waals surface area contributed by atoms with E-state index in [2.05, 4.69) is 60.4 Å². The van der Waals surface area contributed by atoms with Gasteiger partial charge in [0.25, 0.3) is 0 Å². The van der Waals surface area contributed by atoms with Gasteiger partial charge in [-0.2, -0.15) is 0 Å². The van der Waals surface area contributed by atoms with E-state index in [0.717, 1.165) is 13.1 Å². The lowest BCUT2D eigenvalue weighted by Gasteiger charge is -2.42. The first kappa shape index (κ1) is 12.2. The first-order valence-electron chi connectivity index (χ1n) is 6.88. The van der Waals surface area contributed by atoms with Crippen LogP contribution in [0.2, 0.25) is 0 Å². The zero-order chi connectivity index (χ0) is 13.2. The van der Waals surface area contributed by atoms with E-state index in [-0.39, 0.29) is 0 Å². The Morgan fingerprint density at radius 1 is 1.05 bits per heavy atom. The Morgan fingerprint density at radius 2 is 1.79 bits per heavy atom. The molecule has 3 rings (SSSR count). The van der Waals surface area contributed by atoms with E-state index in [0.29, 0.717) is 12.5 Å². The van der Waals surface area contributed by atoms with Crippen LogP contribution >= 0.6 is 0 Å². The Kier molecular flexibility index (Phi) is 3.26. The Balaban J connectivity index is 1.76. The van der Waals surface area contributed by atoms with Crippen molar-refractivity contribution in [2.24, 2.45) is 5.73 Å². The van der Waals surface area contributed by atoms with Gasteiger partial charge in [0.05, 0.1) is 0 Å². The van der Waals surface area contributed by atoms with E-state index in [1.165, 1.54) is 22.4 Å². The van der Waals surface area contributed by atoms with Gasteiger partial charge >= 0.3 is 0 Å². The van der Waals surface area contributed by atoms with Gasteiger partial charge in [0.1, 0.15) is 0 Å². The second-order valence-corrected chi connectivity index (χ2v) is 5.29. The third kappa shape index (κ3) is 2.24. The van der Waals surface area contributed by atoms with Crippen LogP contribution in [-0.2, 0) is 6.54 Å². The van der Waals surface area contributed by atoms with Gasteiger partial charge in [-0.15, -0.1) is 0 Å². The number of nitrogens with two attached hydrogens (primary N) is 1. The Labute approximate surface area is 114 Å². The van der Waals surface area contributed by atoms with Crippen LogP contribution in [0.3, 0.4) is 0 Å². The summed E-state index contributed by atoms with van der Waals surface area (Å²) in [4.78, 5) is 2.44. The highest BCUT2D eigenvalue weighted by molar-refractivity contribution is 5.59. The molecule has 2 nitrogen and oxygen atoms in total. The largest absolute Gasteiger partial charge is 0.370 e. The third-order valence-electron chi connectivity index (χ3n) is 4.08. The summed E-state index contributed by atoms with van der Waals surface area (Å²) >= 11 is 0. The van der Waals surface area contributed by atoms with E-state index < -0.39 is 0 Å². The van der Waals surface area contributed by atoms with Crippen molar-refractivity contribution in [1.29, 1.82) is 0 Å². The fraction of sp³-hybridized carbons (Fsp3) is 0.294. The standard InChI is InChI=1S/C17H20N2/c1-13-6-5-9-17(16(13)10-18)19-11-15(12-19)14-7-3-2-4-8-14/h2-9,15H,10-12,18H2,1H3. The highest BCUT2D eigenvalue weighted by atomic mass is 15.2. The zero-order valence-corrected chi connectivity index (χ0v) is 11.3. The molecule has 0 aromatic heterocycles. The van der Waals surface area contributed by atoms with Gasteiger partial charge in [0.2, 0.25) is 0 Å². The summed E-state index contributed by atoms with van der Waals surface area (Å²) in [5.41, 5.74) is 11.2. The van der Waals surface area contributed by atoms with E-state index >= 15 is 0 Å². The molecule has 0 saturated carbocycles. The molecule has 2 aromatic carbocycles. The predicted octanol–water partition coefficient (Wildman–Crippen LogP) is 3.06. The number of hydrogen-bond donors (Lipinski definition) is 1. The minimum Gasteiger partial charge on any atom is -0.370 e. The number of aryl methyl sites for hydroxylation is 1. The zero-order valence-electron chi connectivity index (χ0n) is 11.3. The lowest BCUT2D eigenvalue weighted by Crippen LogP contribution is -2.45. The summed E-state index contributed by atoms with van der Waals surface area (Å²) in [6.07, 6.45) is 0. The predicted molar refractivity (Wildman–Crippen MR) is 80.5 cm³/mol. The van der Waals surface area contributed by atoms with Gasteiger partial charge in [-0.25, -0.2) is 0 Å². The second kappa shape index (κ2) is 5.06. The average Bonchev–Trinajstić information content (AvgIpc) is 2.38. The normalized spacial score (nSPS) is 15.4. The Morgan fingerprint density at radius 3 is 2.47 bits per heavy atom. The Bertz CT molecular complexity index is 557. The van der Waals surface area contributed by atoms with Crippen LogP contribution in [0.15, 0.2) is 48.5 Å². The number of hydrogen-bond acceptors (Lipinski definition) is 2. The van der Waals surface area contributed by atoms with Crippen molar-refractivity contribution in [2.45, 2.75) is 19.4 Å². The molecular weight excluding hydrogens is 232 g/mol. The number of benzene rings is 2. The maximum absolute atomic E-state index is 5.89. The average molecular weight is 252 g/mol. The maximum atomic E-state index is 5.89. The van der Waals surface area contributed by atoms with Crippen molar-refractivity contribution in [3.05, 3.63) is 65.2 Å². The van der Waals surface area contributed by atoms with Crippen LogP contribution in [0.5, 0.6) is 0 Å². The molecule has 0 bridgehead atoms. The summed E-state index contributed by atoms with van der Waals surface area (Å²) in [6.45, 7) is 4.95. The van der Waals surface area contributed by atoms with Gasteiger partial charge in [-0.1, -0.05) is 42.5 Å².